The molecule has 1 spiro atoms. The fourth-order valence-electron chi connectivity index (χ4n) is 4.13. The van der Waals surface area contributed by atoms with Gasteiger partial charge in [0.1, 0.15) is 5.54 Å². The van der Waals surface area contributed by atoms with Crippen LogP contribution in [0.5, 0.6) is 0 Å². The lowest BCUT2D eigenvalue weighted by Crippen LogP contribution is -2.54. The first-order valence-corrected chi connectivity index (χ1v) is 9.51. The highest BCUT2D eigenvalue weighted by Crippen LogP contribution is 2.38. The van der Waals surface area contributed by atoms with E-state index in [1.165, 1.54) is 4.90 Å². The van der Waals surface area contributed by atoms with Crippen LogP contribution in [-0.4, -0.2) is 53.9 Å². The van der Waals surface area contributed by atoms with Crippen LogP contribution >= 0.6 is 0 Å². The molecule has 1 aliphatic heterocycles. The molecular formula is C20H28N4O3. The maximum atomic E-state index is 13.0. The van der Waals surface area contributed by atoms with Crippen LogP contribution in [0, 0.1) is 5.92 Å². The molecule has 7 heteroatoms. The zero-order chi connectivity index (χ0) is 19.6. The maximum Gasteiger partial charge on any atom is 0.326 e. The molecule has 2 atom stereocenters. The second kappa shape index (κ2) is 7.68. The van der Waals surface area contributed by atoms with Crippen molar-refractivity contribution in [2.24, 2.45) is 5.92 Å². The molecule has 1 saturated carbocycles. The SMILES string of the molecule is CNC(=O)c1ccc(CN(C)CN2C(=O)NC3(CCCCC3C)C2=O)cc1. The van der Waals surface area contributed by atoms with Crippen molar-refractivity contribution >= 4 is 17.8 Å². The molecular weight excluding hydrogens is 344 g/mol. The molecule has 7 nitrogen and oxygen atoms in total. The van der Waals surface area contributed by atoms with Crippen LogP contribution in [0.25, 0.3) is 0 Å². The molecule has 1 aliphatic carbocycles. The zero-order valence-electron chi connectivity index (χ0n) is 16.2. The molecule has 0 aromatic heterocycles. The number of benzene rings is 1. The average molecular weight is 372 g/mol. The van der Waals surface area contributed by atoms with E-state index in [-0.39, 0.29) is 30.4 Å². The van der Waals surface area contributed by atoms with Gasteiger partial charge >= 0.3 is 6.03 Å². The number of nitrogens with zero attached hydrogens (tertiary/aromatic N) is 2. The van der Waals surface area contributed by atoms with E-state index in [0.29, 0.717) is 12.1 Å². The Kier molecular flexibility index (Phi) is 5.51. The molecule has 1 aromatic carbocycles. The number of imide groups is 1. The van der Waals surface area contributed by atoms with Gasteiger partial charge in [-0.15, -0.1) is 0 Å². The first-order chi connectivity index (χ1) is 12.9. The molecule has 0 radical (unpaired) electrons. The molecule has 1 heterocycles. The summed E-state index contributed by atoms with van der Waals surface area (Å²) in [5.74, 6) is -0.0575. The summed E-state index contributed by atoms with van der Waals surface area (Å²) in [5.41, 5.74) is 0.898. The van der Waals surface area contributed by atoms with Crippen LogP contribution in [0.2, 0.25) is 0 Å². The van der Waals surface area contributed by atoms with Gasteiger partial charge in [-0.05, 0) is 43.5 Å². The highest BCUT2D eigenvalue weighted by atomic mass is 16.2. The third-order valence-electron chi connectivity index (χ3n) is 5.78. The Hall–Kier alpha value is -2.41. The summed E-state index contributed by atoms with van der Waals surface area (Å²) in [6.45, 7) is 2.88. The van der Waals surface area contributed by atoms with Gasteiger partial charge in [-0.25, -0.2) is 9.69 Å². The quantitative estimate of drug-likeness (QED) is 0.774. The molecule has 146 valence electrons. The molecule has 2 unspecified atom stereocenters. The van der Waals surface area contributed by atoms with Gasteiger partial charge in [-0.3, -0.25) is 14.5 Å². The van der Waals surface area contributed by atoms with E-state index in [1.807, 2.05) is 24.1 Å². The van der Waals surface area contributed by atoms with Crippen molar-refractivity contribution in [3.8, 4) is 0 Å². The second-order valence-electron chi connectivity index (χ2n) is 7.71. The summed E-state index contributed by atoms with van der Waals surface area (Å²) < 4.78 is 0. The van der Waals surface area contributed by atoms with Gasteiger partial charge in [0.25, 0.3) is 11.8 Å². The molecule has 2 N–H and O–H groups in total. The fourth-order valence-corrected chi connectivity index (χ4v) is 4.13. The van der Waals surface area contributed by atoms with Gasteiger partial charge < -0.3 is 10.6 Å². The largest absolute Gasteiger partial charge is 0.355 e. The first-order valence-electron chi connectivity index (χ1n) is 9.51. The smallest absolute Gasteiger partial charge is 0.326 e. The van der Waals surface area contributed by atoms with Crippen molar-refractivity contribution in [1.82, 2.24) is 20.4 Å². The summed E-state index contributed by atoms with van der Waals surface area (Å²) in [7, 11) is 3.48. The summed E-state index contributed by atoms with van der Waals surface area (Å²) in [4.78, 5) is 40.4. The van der Waals surface area contributed by atoms with Crippen LogP contribution in [-0.2, 0) is 11.3 Å². The number of carbonyl (C=O) groups is 3. The van der Waals surface area contributed by atoms with Gasteiger partial charge in [-0.1, -0.05) is 31.9 Å². The molecule has 1 saturated heterocycles. The lowest BCUT2D eigenvalue weighted by atomic mass is 9.73. The molecule has 1 aromatic rings. The first kappa shape index (κ1) is 19.4. The maximum absolute atomic E-state index is 13.0. The second-order valence-corrected chi connectivity index (χ2v) is 7.71. The van der Waals surface area contributed by atoms with Crippen LogP contribution < -0.4 is 10.6 Å². The lowest BCUT2D eigenvalue weighted by Gasteiger charge is -2.37. The topological polar surface area (TPSA) is 81.8 Å². The van der Waals surface area contributed by atoms with Crippen molar-refractivity contribution in [2.75, 3.05) is 20.8 Å². The molecule has 3 rings (SSSR count). The monoisotopic (exact) mass is 372 g/mol. The molecule has 2 fully saturated rings. The van der Waals surface area contributed by atoms with Crippen LogP contribution in [0.15, 0.2) is 24.3 Å². The average Bonchev–Trinajstić information content (AvgIpc) is 2.89. The van der Waals surface area contributed by atoms with Gasteiger partial charge in [0, 0.05) is 19.2 Å². The third-order valence-corrected chi connectivity index (χ3v) is 5.78. The predicted octanol–water partition coefficient (Wildman–Crippen LogP) is 1.94. The van der Waals surface area contributed by atoms with Crippen molar-refractivity contribution < 1.29 is 14.4 Å². The fraction of sp³-hybridized carbons (Fsp3) is 0.550. The Bertz CT molecular complexity index is 733. The van der Waals surface area contributed by atoms with Crippen molar-refractivity contribution in [1.29, 1.82) is 0 Å². The molecule has 27 heavy (non-hydrogen) atoms. The Labute approximate surface area is 160 Å². The van der Waals surface area contributed by atoms with Crippen molar-refractivity contribution in [3.63, 3.8) is 0 Å². The van der Waals surface area contributed by atoms with Crippen molar-refractivity contribution in [2.45, 2.75) is 44.7 Å². The highest BCUT2D eigenvalue weighted by Gasteiger charge is 2.54. The summed E-state index contributed by atoms with van der Waals surface area (Å²) in [5, 5.41) is 5.57. The Morgan fingerprint density at radius 1 is 1.30 bits per heavy atom. The number of carbonyl (C=O) groups excluding carboxylic acids is 3. The zero-order valence-corrected chi connectivity index (χ0v) is 16.2. The van der Waals surface area contributed by atoms with Crippen LogP contribution in [0.4, 0.5) is 4.79 Å². The summed E-state index contributed by atoms with van der Waals surface area (Å²) in [6.07, 6.45) is 3.77. The molecule has 2 aliphatic rings. The normalized spacial score (nSPS) is 25.2. The van der Waals surface area contributed by atoms with E-state index in [9.17, 15) is 14.4 Å². The van der Waals surface area contributed by atoms with Gasteiger partial charge in [-0.2, -0.15) is 0 Å². The van der Waals surface area contributed by atoms with E-state index in [2.05, 4.69) is 17.6 Å². The molecule has 0 bridgehead atoms. The van der Waals surface area contributed by atoms with Crippen molar-refractivity contribution in [3.05, 3.63) is 35.4 Å². The van der Waals surface area contributed by atoms with E-state index >= 15 is 0 Å². The highest BCUT2D eigenvalue weighted by molar-refractivity contribution is 6.07. The number of rotatable bonds is 5. The van der Waals surface area contributed by atoms with Crippen LogP contribution in [0.1, 0.15) is 48.5 Å². The number of hydrogen-bond acceptors (Lipinski definition) is 4. The summed E-state index contributed by atoms with van der Waals surface area (Å²) >= 11 is 0. The Balaban J connectivity index is 1.64. The summed E-state index contributed by atoms with van der Waals surface area (Å²) in [6, 6.07) is 7.02. The number of amides is 4. The van der Waals surface area contributed by atoms with E-state index in [4.69, 9.17) is 0 Å². The van der Waals surface area contributed by atoms with Gasteiger partial charge in [0.2, 0.25) is 0 Å². The number of urea groups is 1. The van der Waals surface area contributed by atoms with E-state index in [0.717, 1.165) is 31.2 Å². The Morgan fingerprint density at radius 3 is 2.63 bits per heavy atom. The minimum absolute atomic E-state index is 0.0958. The van der Waals surface area contributed by atoms with E-state index < -0.39 is 5.54 Å². The number of hydrogen-bond donors (Lipinski definition) is 2. The molecule has 4 amide bonds. The standard InChI is InChI=1S/C20H28N4O3/c1-14-6-4-5-11-20(14)18(26)24(19(27)22-20)13-23(3)12-15-7-9-16(10-8-15)17(25)21-2/h7-10,14H,4-6,11-13H2,1-3H3,(H,21,25)(H,22,27). The van der Waals surface area contributed by atoms with Gasteiger partial charge in [0.05, 0.1) is 6.67 Å². The number of nitrogens with one attached hydrogen (secondary N) is 2. The lowest BCUT2D eigenvalue weighted by molar-refractivity contribution is -0.135. The third kappa shape index (κ3) is 3.69. The van der Waals surface area contributed by atoms with Gasteiger partial charge in [0.15, 0.2) is 0 Å². The minimum atomic E-state index is -0.717. The Morgan fingerprint density at radius 2 is 2.00 bits per heavy atom. The van der Waals surface area contributed by atoms with E-state index in [1.54, 1.807) is 19.2 Å². The van der Waals surface area contributed by atoms with Crippen LogP contribution in [0.3, 0.4) is 0 Å². The minimum Gasteiger partial charge on any atom is -0.355 e. The predicted molar refractivity (Wildman–Crippen MR) is 102 cm³/mol.